The second kappa shape index (κ2) is 38.5. The summed E-state index contributed by atoms with van der Waals surface area (Å²) in [5.74, 6) is -0.242. The number of allylic oxidation sites excluding steroid dienone is 3. The van der Waals surface area contributed by atoms with Crippen LogP contribution in [0.1, 0.15) is 213 Å². The van der Waals surface area contributed by atoms with Crippen molar-refractivity contribution in [2.75, 3.05) is 40.9 Å². The van der Waals surface area contributed by atoms with Crippen LogP contribution in [-0.4, -0.2) is 68.5 Å². The Morgan fingerprint density at radius 2 is 1.02 bits per heavy atom. The van der Waals surface area contributed by atoms with Crippen LogP contribution in [-0.2, 0) is 18.4 Å². The highest BCUT2D eigenvalue weighted by Crippen LogP contribution is 2.38. The topological polar surface area (TPSA) is 108 Å². The summed E-state index contributed by atoms with van der Waals surface area (Å²) in [5.41, 5.74) is 0. The lowest BCUT2D eigenvalue weighted by molar-refractivity contribution is -0.870. The minimum absolute atomic E-state index is 0.00649. The summed E-state index contributed by atoms with van der Waals surface area (Å²) in [5, 5.41) is 13.5. The second-order valence-electron chi connectivity index (χ2n) is 17.1. The first-order valence-electron chi connectivity index (χ1n) is 23.2. The van der Waals surface area contributed by atoms with Gasteiger partial charge in [-0.2, -0.15) is 0 Å². The number of quaternary nitrogens is 1. The Labute approximate surface area is 341 Å². The normalized spacial score (nSPS) is 14.5. The highest BCUT2D eigenvalue weighted by molar-refractivity contribution is 7.45. The minimum atomic E-state index is -4.57. The molecule has 0 aromatic carbocycles. The SMILES string of the molecule is CCCCCCCCCCCCCCCCCCCCCCCCCCC/C=C/CC/C=C/C(O)C(COP(=O)([O-])OCC[N+](C)(C)C)NC(=O)CCCC. The highest BCUT2D eigenvalue weighted by Gasteiger charge is 2.23. The van der Waals surface area contributed by atoms with E-state index in [-0.39, 0.29) is 12.5 Å². The Morgan fingerprint density at radius 1 is 0.618 bits per heavy atom. The van der Waals surface area contributed by atoms with Crippen molar-refractivity contribution >= 4 is 13.7 Å². The molecule has 1 amide bonds. The summed E-state index contributed by atoms with van der Waals surface area (Å²) in [6.45, 7) is 4.38. The number of aliphatic hydroxyl groups is 1. The largest absolute Gasteiger partial charge is 0.756 e. The van der Waals surface area contributed by atoms with Crippen molar-refractivity contribution in [2.24, 2.45) is 0 Å². The summed E-state index contributed by atoms with van der Waals surface area (Å²) in [7, 11) is 1.24. The van der Waals surface area contributed by atoms with Crippen LogP contribution in [0.5, 0.6) is 0 Å². The molecule has 0 aliphatic carbocycles. The third-order valence-corrected chi connectivity index (χ3v) is 11.4. The molecule has 0 saturated heterocycles. The number of carbonyl (C=O) groups excluding carboxylic acids is 1. The molecule has 0 fully saturated rings. The lowest BCUT2D eigenvalue weighted by Crippen LogP contribution is -2.45. The van der Waals surface area contributed by atoms with Gasteiger partial charge in [0.2, 0.25) is 5.91 Å². The van der Waals surface area contributed by atoms with Gasteiger partial charge in [-0.25, -0.2) is 0 Å². The fraction of sp³-hybridized carbons (Fsp3) is 0.891. The zero-order valence-corrected chi connectivity index (χ0v) is 37.8. The predicted octanol–water partition coefficient (Wildman–Crippen LogP) is 12.3. The highest BCUT2D eigenvalue weighted by atomic mass is 31.2. The molecule has 0 saturated carbocycles. The van der Waals surface area contributed by atoms with Crippen LogP contribution in [0.25, 0.3) is 0 Å². The number of hydrogen-bond acceptors (Lipinski definition) is 6. The van der Waals surface area contributed by atoms with Crippen LogP contribution in [0.3, 0.4) is 0 Å². The van der Waals surface area contributed by atoms with E-state index in [0.29, 0.717) is 23.9 Å². The molecule has 8 nitrogen and oxygen atoms in total. The van der Waals surface area contributed by atoms with Gasteiger partial charge >= 0.3 is 0 Å². The molecular formula is C46H91N2O6P. The van der Waals surface area contributed by atoms with Gasteiger partial charge < -0.3 is 28.8 Å². The van der Waals surface area contributed by atoms with Crippen molar-refractivity contribution in [1.82, 2.24) is 5.32 Å². The predicted molar refractivity (Wildman–Crippen MR) is 233 cm³/mol. The first-order valence-corrected chi connectivity index (χ1v) is 24.7. The molecule has 3 atom stereocenters. The molecule has 0 rings (SSSR count). The van der Waals surface area contributed by atoms with Crippen LogP contribution in [0.15, 0.2) is 24.3 Å². The summed E-state index contributed by atoms with van der Waals surface area (Å²) < 4.78 is 22.8. The smallest absolute Gasteiger partial charge is 0.268 e. The van der Waals surface area contributed by atoms with Gasteiger partial charge in [0.1, 0.15) is 13.2 Å². The van der Waals surface area contributed by atoms with Crippen molar-refractivity contribution in [3.63, 3.8) is 0 Å². The number of phosphoric ester groups is 1. The van der Waals surface area contributed by atoms with Crippen LogP contribution in [0.4, 0.5) is 0 Å². The van der Waals surface area contributed by atoms with Crippen LogP contribution < -0.4 is 10.2 Å². The molecule has 326 valence electrons. The quantitative estimate of drug-likeness (QED) is 0.0276. The van der Waals surface area contributed by atoms with E-state index >= 15 is 0 Å². The van der Waals surface area contributed by atoms with Crippen LogP contribution >= 0.6 is 7.82 Å². The van der Waals surface area contributed by atoms with E-state index in [1.54, 1.807) is 6.08 Å². The monoisotopic (exact) mass is 799 g/mol. The number of nitrogens with one attached hydrogen (secondary N) is 1. The third-order valence-electron chi connectivity index (χ3n) is 10.4. The zero-order valence-electron chi connectivity index (χ0n) is 36.9. The number of unbranched alkanes of at least 4 members (excludes halogenated alkanes) is 27. The Hall–Kier alpha value is -1.02. The summed E-state index contributed by atoms with van der Waals surface area (Å²) in [6.07, 6.45) is 46.7. The molecule has 0 radical (unpaired) electrons. The average Bonchev–Trinajstić information content (AvgIpc) is 3.14. The van der Waals surface area contributed by atoms with E-state index in [4.69, 9.17) is 9.05 Å². The Kier molecular flexibility index (Phi) is 37.8. The first kappa shape index (κ1) is 54.0. The van der Waals surface area contributed by atoms with E-state index in [9.17, 15) is 19.4 Å². The lowest BCUT2D eigenvalue weighted by atomic mass is 10.0. The number of amides is 1. The van der Waals surface area contributed by atoms with Gasteiger partial charge in [-0.3, -0.25) is 9.36 Å². The number of nitrogens with zero attached hydrogens (tertiary/aromatic N) is 1. The number of phosphoric acid groups is 1. The van der Waals surface area contributed by atoms with E-state index in [2.05, 4.69) is 24.4 Å². The molecule has 0 spiro atoms. The number of carbonyl (C=O) groups is 1. The molecule has 0 aromatic rings. The number of hydrogen-bond donors (Lipinski definition) is 2. The fourth-order valence-electron chi connectivity index (χ4n) is 6.68. The molecule has 0 aliphatic heterocycles. The number of aliphatic hydroxyl groups excluding tert-OH is 1. The minimum Gasteiger partial charge on any atom is -0.756 e. The Balaban J connectivity index is 3.81. The van der Waals surface area contributed by atoms with E-state index in [1.807, 2.05) is 34.1 Å². The summed E-state index contributed by atoms with van der Waals surface area (Å²) >= 11 is 0. The molecule has 3 unspecified atom stereocenters. The van der Waals surface area contributed by atoms with E-state index < -0.39 is 26.6 Å². The van der Waals surface area contributed by atoms with Gasteiger partial charge in [-0.05, 0) is 32.1 Å². The third kappa shape index (κ3) is 41.0. The molecule has 55 heavy (non-hydrogen) atoms. The maximum Gasteiger partial charge on any atom is 0.268 e. The molecule has 0 heterocycles. The number of rotatable bonds is 42. The molecular weight excluding hydrogens is 707 g/mol. The first-order chi connectivity index (χ1) is 26.5. The van der Waals surface area contributed by atoms with Crippen molar-refractivity contribution in [3.05, 3.63) is 24.3 Å². The van der Waals surface area contributed by atoms with Crippen molar-refractivity contribution in [3.8, 4) is 0 Å². The molecule has 0 aromatic heterocycles. The Morgan fingerprint density at radius 3 is 1.45 bits per heavy atom. The lowest BCUT2D eigenvalue weighted by Gasteiger charge is -2.29. The van der Waals surface area contributed by atoms with Gasteiger partial charge in [-0.15, -0.1) is 0 Å². The van der Waals surface area contributed by atoms with Gasteiger partial charge in [0.05, 0.1) is 39.9 Å². The molecule has 0 bridgehead atoms. The Bertz CT molecular complexity index is 953. The molecule has 0 aliphatic rings. The van der Waals surface area contributed by atoms with E-state index in [1.165, 1.54) is 161 Å². The van der Waals surface area contributed by atoms with E-state index in [0.717, 1.165) is 25.7 Å². The summed E-state index contributed by atoms with van der Waals surface area (Å²) in [4.78, 5) is 24.6. The standard InChI is InChI=1S/C46H91N2O6P/c1-6-8-10-11-12-13-14-15-16-17-18-19-20-21-22-23-24-25-26-27-28-29-30-31-32-33-34-35-36-37-38-39-45(49)44(47-46(50)40-9-7-2)43-54-55(51,52)53-42-41-48(3,4)5/h34-35,38-39,44-45,49H,6-33,36-37,40-43H2,1-5H3,(H-,47,50,51,52)/b35-34+,39-38+. The average molecular weight is 799 g/mol. The zero-order chi connectivity index (χ0) is 40.7. The number of likely N-dealkylation sites (N-methyl/N-ethyl adjacent to an activating group) is 1. The van der Waals surface area contributed by atoms with Gasteiger partial charge in [0.15, 0.2) is 0 Å². The second-order valence-corrected chi connectivity index (χ2v) is 18.5. The maximum atomic E-state index is 12.3. The van der Waals surface area contributed by atoms with Crippen LogP contribution in [0.2, 0.25) is 0 Å². The van der Waals surface area contributed by atoms with Crippen molar-refractivity contribution in [1.29, 1.82) is 0 Å². The van der Waals surface area contributed by atoms with Crippen LogP contribution in [0, 0.1) is 0 Å². The fourth-order valence-corrected chi connectivity index (χ4v) is 7.40. The van der Waals surface area contributed by atoms with Gasteiger partial charge in [-0.1, -0.05) is 199 Å². The van der Waals surface area contributed by atoms with Gasteiger partial charge in [0, 0.05) is 6.42 Å². The van der Waals surface area contributed by atoms with Gasteiger partial charge in [0.25, 0.3) is 7.82 Å². The maximum absolute atomic E-state index is 12.3. The molecule has 2 N–H and O–H groups in total. The van der Waals surface area contributed by atoms with Crippen molar-refractivity contribution in [2.45, 2.75) is 225 Å². The van der Waals surface area contributed by atoms with Crippen molar-refractivity contribution < 1.29 is 32.9 Å². The molecule has 9 heteroatoms. The summed E-state index contributed by atoms with van der Waals surface area (Å²) in [6, 6.07) is -0.894.